The Balaban J connectivity index is 1.70. The lowest BCUT2D eigenvalue weighted by Gasteiger charge is -2.35. The highest BCUT2D eigenvalue weighted by Crippen LogP contribution is 2.32. The summed E-state index contributed by atoms with van der Waals surface area (Å²) < 4.78 is 16.7. The van der Waals surface area contributed by atoms with Gasteiger partial charge in [0, 0.05) is 16.5 Å². The number of halogens is 1. The Morgan fingerprint density at radius 3 is 1.59 bits per heavy atom. The molecule has 7 aromatic rings. The fraction of sp³-hybridized carbons (Fsp3) is 0. The molecule has 7 rings (SSSR count). The minimum Gasteiger partial charge on any atom is -0.309 e. The van der Waals surface area contributed by atoms with E-state index in [-0.39, 0.29) is 5.82 Å². The zero-order valence-corrected chi connectivity index (χ0v) is 22.3. The second-order valence-electron chi connectivity index (χ2n) is 9.88. The van der Waals surface area contributed by atoms with E-state index in [4.69, 9.17) is 0 Å². The van der Waals surface area contributed by atoms with E-state index in [0.717, 1.165) is 10.9 Å². The number of hydrogen-bond acceptors (Lipinski definition) is 0. The Kier molecular flexibility index (Phi) is 5.72. The van der Waals surface area contributed by atoms with Crippen molar-refractivity contribution in [1.29, 1.82) is 0 Å². The molecular weight excluding hydrogens is 493 g/mol. The Morgan fingerprint density at radius 1 is 0.436 bits per heavy atom. The number of hydrogen-bond donors (Lipinski definition) is 0. The molecule has 6 aromatic carbocycles. The van der Waals surface area contributed by atoms with Gasteiger partial charge in [0.05, 0.1) is 11.0 Å². The Labute approximate surface area is 228 Å². The normalized spacial score (nSPS) is 11.7. The van der Waals surface area contributed by atoms with E-state index in [0.29, 0.717) is 0 Å². The van der Waals surface area contributed by atoms with Gasteiger partial charge in [0.25, 0.3) is 0 Å². The molecular formula is C36H26FNSi. The summed E-state index contributed by atoms with van der Waals surface area (Å²) in [6.45, 7) is 0. The number of aromatic nitrogens is 1. The van der Waals surface area contributed by atoms with Crippen LogP contribution in [-0.2, 0) is 0 Å². The average Bonchev–Trinajstić information content (AvgIpc) is 3.35. The van der Waals surface area contributed by atoms with Crippen LogP contribution in [0.1, 0.15) is 0 Å². The summed E-state index contributed by atoms with van der Waals surface area (Å²) in [6.07, 6.45) is 0. The first-order chi connectivity index (χ1) is 19.3. The summed E-state index contributed by atoms with van der Waals surface area (Å²) in [5.41, 5.74) is 3.48. The van der Waals surface area contributed by atoms with Crippen LogP contribution in [0.25, 0.3) is 27.5 Å². The monoisotopic (exact) mass is 519 g/mol. The molecule has 0 aliphatic rings. The summed E-state index contributed by atoms with van der Waals surface area (Å²) >= 11 is 0. The number of rotatable bonds is 5. The van der Waals surface area contributed by atoms with E-state index in [1.54, 1.807) is 12.1 Å². The number of fused-ring (bicyclic) bond motifs is 3. The standard InChI is InChI=1S/C36H26FNSi/c37-27-23-25-31(26-24-27)39(29-15-6-2-7-16-29,30-17-8-3-9-18-30)35-22-12-21-34-36(35)32-19-10-11-20-33(32)38(34)28-13-4-1-5-14-28/h1-26H. The SMILES string of the molecule is Fc1ccc([Si](c2ccccc2)(c2ccccc2)c2cccc3c2c2ccccc2n3-c2ccccc2)cc1. The first-order valence-electron chi connectivity index (χ1n) is 13.2. The van der Waals surface area contributed by atoms with Gasteiger partial charge < -0.3 is 4.57 Å². The third-order valence-corrected chi connectivity index (χ3v) is 12.6. The van der Waals surface area contributed by atoms with Gasteiger partial charge >= 0.3 is 0 Å². The lowest BCUT2D eigenvalue weighted by atomic mass is 10.1. The van der Waals surface area contributed by atoms with Gasteiger partial charge in [0.15, 0.2) is 8.07 Å². The first kappa shape index (κ1) is 23.4. The molecule has 0 aliphatic carbocycles. The van der Waals surface area contributed by atoms with E-state index in [2.05, 4.69) is 138 Å². The van der Waals surface area contributed by atoms with Crippen LogP contribution in [0.4, 0.5) is 4.39 Å². The van der Waals surface area contributed by atoms with Crippen molar-refractivity contribution in [2.24, 2.45) is 0 Å². The van der Waals surface area contributed by atoms with Crippen molar-refractivity contribution in [2.45, 2.75) is 0 Å². The smallest absolute Gasteiger partial charge is 0.180 e. The lowest BCUT2D eigenvalue weighted by Crippen LogP contribution is -2.74. The van der Waals surface area contributed by atoms with Crippen LogP contribution in [0.2, 0.25) is 0 Å². The maximum atomic E-state index is 14.3. The number of para-hydroxylation sites is 2. The Bertz CT molecular complexity index is 1850. The minimum absolute atomic E-state index is 0.221. The Hall–Kier alpha value is -4.73. The largest absolute Gasteiger partial charge is 0.309 e. The van der Waals surface area contributed by atoms with Gasteiger partial charge in [-0.3, -0.25) is 0 Å². The van der Waals surface area contributed by atoms with Crippen LogP contribution < -0.4 is 20.7 Å². The van der Waals surface area contributed by atoms with Crippen LogP contribution >= 0.6 is 0 Å². The van der Waals surface area contributed by atoms with E-state index in [1.165, 1.54) is 37.4 Å². The van der Waals surface area contributed by atoms with Gasteiger partial charge in [-0.25, -0.2) is 4.39 Å². The second kappa shape index (κ2) is 9.54. The van der Waals surface area contributed by atoms with E-state index in [1.807, 2.05) is 12.1 Å². The lowest BCUT2D eigenvalue weighted by molar-refractivity contribution is 0.628. The molecule has 39 heavy (non-hydrogen) atoms. The molecule has 1 nitrogen and oxygen atoms in total. The van der Waals surface area contributed by atoms with Crippen LogP contribution in [0.5, 0.6) is 0 Å². The highest BCUT2D eigenvalue weighted by atomic mass is 28.3. The second-order valence-corrected chi connectivity index (χ2v) is 13.6. The Morgan fingerprint density at radius 2 is 0.949 bits per heavy atom. The molecule has 0 unspecified atom stereocenters. The topological polar surface area (TPSA) is 4.93 Å². The molecule has 0 saturated carbocycles. The van der Waals surface area contributed by atoms with Crippen LogP contribution in [0.15, 0.2) is 158 Å². The summed E-state index contributed by atoms with van der Waals surface area (Å²) in [6, 6.07) is 54.8. The highest BCUT2D eigenvalue weighted by Gasteiger charge is 2.43. The summed E-state index contributed by atoms with van der Waals surface area (Å²) in [5.74, 6) is -0.221. The third kappa shape index (κ3) is 3.66. The van der Waals surface area contributed by atoms with Crippen molar-refractivity contribution in [1.82, 2.24) is 4.57 Å². The van der Waals surface area contributed by atoms with Crippen molar-refractivity contribution >= 4 is 50.6 Å². The van der Waals surface area contributed by atoms with Crippen LogP contribution in [-0.4, -0.2) is 12.6 Å². The molecule has 186 valence electrons. The summed E-state index contributed by atoms with van der Waals surface area (Å²) in [7, 11) is -2.87. The fourth-order valence-corrected chi connectivity index (χ4v) is 11.2. The maximum Gasteiger partial charge on any atom is 0.180 e. The molecule has 0 aliphatic heterocycles. The predicted octanol–water partition coefficient (Wildman–Crippen LogP) is 6.30. The molecule has 0 atom stereocenters. The minimum atomic E-state index is -2.87. The van der Waals surface area contributed by atoms with Gasteiger partial charge in [0.2, 0.25) is 0 Å². The molecule has 0 amide bonds. The molecule has 0 N–H and O–H groups in total. The average molecular weight is 520 g/mol. The van der Waals surface area contributed by atoms with Gasteiger partial charge in [0.1, 0.15) is 5.82 Å². The van der Waals surface area contributed by atoms with Crippen molar-refractivity contribution in [3.63, 3.8) is 0 Å². The summed E-state index contributed by atoms with van der Waals surface area (Å²) in [4.78, 5) is 0. The first-order valence-corrected chi connectivity index (χ1v) is 15.2. The quantitative estimate of drug-likeness (QED) is 0.186. The van der Waals surface area contributed by atoms with Crippen molar-refractivity contribution in [2.75, 3.05) is 0 Å². The van der Waals surface area contributed by atoms with E-state index in [9.17, 15) is 4.39 Å². The van der Waals surface area contributed by atoms with Gasteiger partial charge in [-0.05, 0) is 57.1 Å². The zero-order chi connectivity index (χ0) is 26.2. The highest BCUT2D eigenvalue weighted by molar-refractivity contribution is 7.20. The van der Waals surface area contributed by atoms with Gasteiger partial charge in [-0.1, -0.05) is 121 Å². The molecule has 0 bridgehead atoms. The molecule has 0 saturated heterocycles. The summed E-state index contributed by atoms with van der Waals surface area (Å²) in [5, 5.41) is 7.47. The van der Waals surface area contributed by atoms with Gasteiger partial charge in [-0.15, -0.1) is 0 Å². The number of nitrogens with zero attached hydrogens (tertiary/aromatic N) is 1. The predicted molar refractivity (Wildman–Crippen MR) is 164 cm³/mol. The fourth-order valence-electron chi connectivity index (χ4n) is 6.23. The molecule has 0 radical (unpaired) electrons. The van der Waals surface area contributed by atoms with E-state index < -0.39 is 8.07 Å². The van der Waals surface area contributed by atoms with Crippen molar-refractivity contribution in [3.8, 4) is 5.69 Å². The maximum absolute atomic E-state index is 14.3. The zero-order valence-electron chi connectivity index (χ0n) is 21.3. The third-order valence-electron chi connectivity index (χ3n) is 7.81. The molecule has 1 heterocycles. The van der Waals surface area contributed by atoms with Crippen molar-refractivity contribution in [3.05, 3.63) is 164 Å². The molecule has 0 spiro atoms. The van der Waals surface area contributed by atoms with E-state index >= 15 is 0 Å². The molecule has 1 aromatic heterocycles. The van der Waals surface area contributed by atoms with Crippen LogP contribution in [0.3, 0.4) is 0 Å². The molecule has 0 fully saturated rings. The number of benzene rings is 6. The van der Waals surface area contributed by atoms with Crippen molar-refractivity contribution < 1.29 is 4.39 Å². The van der Waals surface area contributed by atoms with Gasteiger partial charge in [-0.2, -0.15) is 0 Å². The molecule has 3 heteroatoms. The van der Waals surface area contributed by atoms with Crippen LogP contribution in [0, 0.1) is 5.82 Å².